The molecule has 0 amide bonds. The third kappa shape index (κ3) is 4.63. The summed E-state index contributed by atoms with van der Waals surface area (Å²) in [7, 11) is -9.11. The topological polar surface area (TPSA) is 119 Å². The van der Waals surface area contributed by atoms with E-state index in [-0.39, 0.29) is 19.0 Å². The minimum atomic E-state index is -4.93. The van der Waals surface area contributed by atoms with E-state index in [1.54, 1.807) is 38.1 Å². The molecule has 1 unspecified atom stereocenters. The lowest BCUT2D eigenvalue weighted by atomic mass is 10.1. The van der Waals surface area contributed by atoms with E-state index in [0.29, 0.717) is 16.2 Å². The van der Waals surface area contributed by atoms with Crippen molar-refractivity contribution >= 4 is 27.8 Å². The largest absolute Gasteiger partial charge is 0.359 e. The molecule has 0 bridgehead atoms. The van der Waals surface area contributed by atoms with Gasteiger partial charge in [0.2, 0.25) is 5.40 Å². The molecule has 1 heterocycles. The molecule has 0 spiro atoms. The minimum absolute atomic E-state index is 0.0474. The van der Waals surface area contributed by atoms with Crippen molar-refractivity contribution in [1.82, 2.24) is 5.16 Å². The quantitative estimate of drug-likeness (QED) is 0.443. The van der Waals surface area contributed by atoms with Gasteiger partial charge in [0.25, 0.3) is 0 Å². The number of hydrogen-bond donors (Lipinski definition) is 3. The maximum absolute atomic E-state index is 12.9. The average molecular weight is 407 g/mol. The zero-order chi connectivity index (χ0) is 18.7. The summed E-state index contributed by atoms with van der Waals surface area (Å²) in [6, 6.07) is 8.31. The van der Waals surface area contributed by atoms with Gasteiger partial charge in [-0.15, -0.1) is 12.6 Å². The van der Waals surface area contributed by atoms with Crippen molar-refractivity contribution in [3.05, 3.63) is 36.1 Å². The molecule has 0 saturated heterocycles. The molecule has 1 atom stereocenters. The van der Waals surface area contributed by atoms with Gasteiger partial charge in [-0.25, -0.2) is 0 Å². The van der Waals surface area contributed by atoms with Gasteiger partial charge >= 0.3 is 15.2 Å². The van der Waals surface area contributed by atoms with E-state index in [1.165, 1.54) is 6.07 Å². The van der Waals surface area contributed by atoms with Crippen LogP contribution in [-0.4, -0.2) is 28.2 Å². The molecule has 1 aromatic heterocycles. The van der Waals surface area contributed by atoms with Gasteiger partial charge in [0.15, 0.2) is 5.76 Å². The molecule has 11 heteroatoms. The van der Waals surface area contributed by atoms with Crippen LogP contribution in [-0.2, 0) is 18.2 Å². The zero-order valence-corrected chi connectivity index (χ0v) is 16.3. The van der Waals surface area contributed by atoms with E-state index in [2.05, 4.69) is 17.8 Å². The molecule has 2 N–H and O–H groups in total. The molecule has 0 aliphatic rings. The van der Waals surface area contributed by atoms with E-state index < -0.39 is 20.6 Å². The van der Waals surface area contributed by atoms with Crippen molar-refractivity contribution in [3.8, 4) is 11.3 Å². The first-order chi connectivity index (χ1) is 11.7. The molecule has 138 valence electrons. The summed E-state index contributed by atoms with van der Waals surface area (Å²) in [5.74, 6) is -0.273. The summed E-state index contributed by atoms with van der Waals surface area (Å²) in [5, 5.41) is 1.92. The Kier molecular flexibility index (Phi) is 6.68. The molecule has 0 aliphatic heterocycles. The standard InChI is InChI=1S/C14H19NO7P2S/c1-3-20-24(19,21-4-2)14(23(16,17)18)12-9-11(15-22-12)10-7-5-6-8-13(10)25/h5-9,14,25H,3-4H2,1-2H3,(H2,16,17,18). The Hall–Kier alpha value is -0.920. The van der Waals surface area contributed by atoms with Crippen LogP contribution < -0.4 is 0 Å². The van der Waals surface area contributed by atoms with Crippen LogP contribution in [0.1, 0.15) is 25.0 Å². The number of aromatic nitrogens is 1. The molecule has 2 aromatic rings. The monoisotopic (exact) mass is 407 g/mol. The van der Waals surface area contributed by atoms with Gasteiger partial charge in [0.05, 0.1) is 13.2 Å². The van der Waals surface area contributed by atoms with E-state index in [4.69, 9.17) is 13.6 Å². The van der Waals surface area contributed by atoms with Crippen LogP contribution in [0.2, 0.25) is 0 Å². The predicted octanol–water partition coefficient (Wildman–Crippen LogP) is 4.07. The van der Waals surface area contributed by atoms with Gasteiger partial charge in [0.1, 0.15) is 5.69 Å². The second kappa shape index (κ2) is 8.18. The highest BCUT2D eigenvalue weighted by Gasteiger charge is 2.51. The summed E-state index contributed by atoms with van der Waals surface area (Å²) in [5.41, 5.74) is 0.909. The summed E-state index contributed by atoms with van der Waals surface area (Å²) < 4.78 is 40.2. The Balaban J connectivity index is 2.52. The van der Waals surface area contributed by atoms with Gasteiger partial charge in [-0.2, -0.15) is 0 Å². The first-order valence-corrected chi connectivity index (χ1v) is 11.2. The molecule has 1 aromatic carbocycles. The predicted molar refractivity (Wildman–Crippen MR) is 94.8 cm³/mol. The molecular weight excluding hydrogens is 388 g/mol. The second-order valence-corrected chi connectivity index (χ2v) is 9.67. The van der Waals surface area contributed by atoms with Crippen molar-refractivity contribution in [2.75, 3.05) is 13.2 Å². The summed E-state index contributed by atoms with van der Waals surface area (Å²) >= 11 is 4.31. The van der Waals surface area contributed by atoms with E-state index in [9.17, 15) is 18.9 Å². The maximum Gasteiger partial charge on any atom is 0.353 e. The Bertz CT molecular complexity index is 809. The number of rotatable bonds is 8. The van der Waals surface area contributed by atoms with Crippen molar-refractivity contribution in [2.24, 2.45) is 0 Å². The molecule has 0 radical (unpaired) electrons. The molecule has 0 fully saturated rings. The maximum atomic E-state index is 12.9. The van der Waals surface area contributed by atoms with Gasteiger partial charge < -0.3 is 23.4 Å². The van der Waals surface area contributed by atoms with Crippen molar-refractivity contribution in [3.63, 3.8) is 0 Å². The average Bonchev–Trinajstić information content (AvgIpc) is 2.95. The lowest BCUT2D eigenvalue weighted by Crippen LogP contribution is -2.07. The molecule has 2 rings (SSSR count). The van der Waals surface area contributed by atoms with E-state index in [0.717, 1.165) is 0 Å². The van der Waals surface area contributed by atoms with Crippen LogP contribution >= 0.6 is 27.8 Å². The lowest BCUT2D eigenvalue weighted by molar-refractivity contribution is 0.210. The SMILES string of the molecule is CCOP(=O)(OCC)C(c1cc(-c2ccccc2S)no1)P(=O)(O)O. The second-order valence-electron chi connectivity index (χ2n) is 4.97. The van der Waals surface area contributed by atoms with Crippen molar-refractivity contribution in [1.29, 1.82) is 0 Å². The Morgan fingerprint density at radius 1 is 1.20 bits per heavy atom. The van der Waals surface area contributed by atoms with Crippen molar-refractivity contribution in [2.45, 2.75) is 24.1 Å². The summed E-state index contributed by atoms with van der Waals surface area (Å²) in [6.07, 6.45) is 0. The lowest BCUT2D eigenvalue weighted by Gasteiger charge is -2.24. The third-order valence-corrected chi connectivity index (χ3v) is 8.32. The fraction of sp³-hybridized carbons (Fsp3) is 0.357. The van der Waals surface area contributed by atoms with Gasteiger partial charge in [-0.1, -0.05) is 23.4 Å². The van der Waals surface area contributed by atoms with Crippen LogP contribution in [0.15, 0.2) is 39.8 Å². The first kappa shape index (κ1) is 20.4. The molecule has 25 heavy (non-hydrogen) atoms. The third-order valence-electron chi connectivity index (χ3n) is 3.20. The van der Waals surface area contributed by atoms with Crippen LogP contribution in [0.5, 0.6) is 0 Å². The van der Waals surface area contributed by atoms with Crippen LogP contribution in [0.25, 0.3) is 11.3 Å². The smallest absolute Gasteiger partial charge is 0.353 e. The molecular formula is C14H19NO7P2S. The van der Waals surface area contributed by atoms with Gasteiger partial charge in [-0.05, 0) is 19.9 Å². The van der Waals surface area contributed by atoms with Crippen LogP contribution in [0, 0.1) is 0 Å². The number of hydrogen-bond acceptors (Lipinski definition) is 7. The fourth-order valence-corrected chi connectivity index (χ4v) is 6.38. The first-order valence-electron chi connectivity index (χ1n) is 7.42. The van der Waals surface area contributed by atoms with Crippen LogP contribution in [0.3, 0.4) is 0 Å². The van der Waals surface area contributed by atoms with Crippen LogP contribution in [0.4, 0.5) is 0 Å². The highest BCUT2D eigenvalue weighted by Crippen LogP contribution is 2.74. The number of benzene rings is 1. The molecule has 0 saturated carbocycles. The normalized spacial score (nSPS) is 13.8. The fourth-order valence-electron chi connectivity index (χ4n) is 2.27. The molecule has 8 nitrogen and oxygen atoms in total. The summed E-state index contributed by atoms with van der Waals surface area (Å²) in [4.78, 5) is 20.1. The Morgan fingerprint density at radius 2 is 1.80 bits per heavy atom. The highest BCUT2D eigenvalue weighted by atomic mass is 32.1. The number of thiol groups is 1. The zero-order valence-electron chi connectivity index (χ0n) is 13.6. The number of nitrogens with zero attached hydrogens (tertiary/aromatic N) is 1. The minimum Gasteiger partial charge on any atom is -0.359 e. The van der Waals surface area contributed by atoms with E-state index in [1.807, 2.05) is 0 Å². The van der Waals surface area contributed by atoms with E-state index >= 15 is 0 Å². The van der Waals surface area contributed by atoms with Crippen molar-refractivity contribution < 1.29 is 32.5 Å². The van der Waals surface area contributed by atoms with Gasteiger partial charge in [-0.3, -0.25) is 9.13 Å². The van der Waals surface area contributed by atoms with Gasteiger partial charge in [0, 0.05) is 16.5 Å². The Labute approximate surface area is 150 Å². The molecule has 0 aliphatic carbocycles. The Morgan fingerprint density at radius 3 is 2.32 bits per heavy atom. The highest BCUT2D eigenvalue weighted by molar-refractivity contribution is 7.80. The summed E-state index contributed by atoms with van der Waals surface area (Å²) in [6.45, 7) is 3.00.